The van der Waals surface area contributed by atoms with E-state index < -0.39 is 14.0 Å². The molecule has 0 saturated carbocycles. The average Bonchev–Trinajstić information content (AvgIpc) is 2.88. The number of aliphatic carboxylic acids is 1. The Balaban J connectivity index is 1.94. The molecule has 0 aromatic heterocycles. The van der Waals surface area contributed by atoms with Crippen molar-refractivity contribution in [3.63, 3.8) is 0 Å². The largest absolute Gasteiger partial charge is 0.550 e. The molecule has 2 aliphatic rings. The van der Waals surface area contributed by atoms with E-state index in [0.29, 0.717) is 18.5 Å². The van der Waals surface area contributed by atoms with E-state index in [1.165, 1.54) is 21.5 Å². The minimum absolute atomic E-state index is 0.0699. The molecular weight excluding hydrogens is 490 g/mol. The van der Waals surface area contributed by atoms with E-state index in [2.05, 4.69) is 87.2 Å². The van der Waals surface area contributed by atoms with E-state index in [1.54, 1.807) is 11.9 Å². The Morgan fingerprint density at radius 3 is 2.34 bits per heavy atom. The van der Waals surface area contributed by atoms with Crippen molar-refractivity contribution < 1.29 is 19.3 Å². The molecule has 0 bridgehead atoms. The second-order valence-electron chi connectivity index (χ2n) is 11.0. The number of benzene rings is 2. The number of anilines is 1. The van der Waals surface area contributed by atoms with Gasteiger partial charge in [0.1, 0.15) is 22.2 Å². The fraction of sp³-hybridized carbons (Fsp3) is 0.323. The molecule has 0 fully saturated rings. The number of carboxylic acids is 1. The zero-order valence-electron chi connectivity index (χ0n) is 23.5. The van der Waals surface area contributed by atoms with Gasteiger partial charge in [-0.15, -0.1) is 0 Å². The maximum Gasteiger partial charge on any atom is 0.254 e. The van der Waals surface area contributed by atoms with E-state index in [-0.39, 0.29) is 12.3 Å². The van der Waals surface area contributed by atoms with E-state index in [4.69, 9.17) is 0 Å². The Hall–Kier alpha value is -3.71. The quantitative estimate of drug-likeness (QED) is 0.410. The molecule has 2 aromatic rings. The molecular formula is C31H37N3O3Si. The van der Waals surface area contributed by atoms with Crippen molar-refractivity contribution in [2.24, 2.45) is 0 Å². The molecule has 0 saturated heterocycles. The van der Waals surface area contributed by atoms with Gasteiger partial charge in [-0.25, -0.2) is 4.58 Å². The lowest BCUT2D eigenvalue weighted by atomic mass is 9.87. The summed E-state index contributed by atoms with van der Waals surface area (Å²) in [5, 5.41) is 13.6. The van der Waals surface area contributed by atoms with E-state index in [9.17, 15) is 14.7 Å². The average molecular weight is 528 g/mol. The monoisotopic (exact) mass is 527 g/mol. The summed E-state index contributed by atoms with van der Waals surface area (Å²) in [6.45, 7) is 5.16. The molecule has 0 atom stereocenters. The standard InChI is InChI=1S/C31H37N3O3Si/c1-32(2)21-14-16-25-27(19-21)38(6,7)28-20-22(33(3)4)15-17-26(28)30(25)23-11-8-9-12-24(23)31(37)34(5)18-10-13-29(35)36/h8-9,11-12,14-17,19-20H,10,13,18H2,1-7H3. The minimum Gasteiger partial charge on any atom is -0.550 e. The molecule has 6 nitrogen and oxygen atoms in total. The van der Waals surface area contributed by atoms with Gasteiger partial charge in [0.05, 0.1) is 0 Å². The number of carbonyl (C=O) groups excluding carboxylic acids is 2. The van der Waals surface area contributed by atoms with Crippen molar-refractivity contribution in [1.82, 2.24) is 4.90 Å². The van der Waals surface area contributed by atoms with Gasteiger partial charge in [-0.2, -0.15) is 0 Å². The molecule has 1 aliphatic carbocycles. The van der Waals surface area contributed by atoms with Gasteiger partial charge < -0.3 is 19.7 Å². The van der Waals surface area contributed by atoms with Gasteiger partial charge >= 0.3 is 0 Å². The number of hydrogen-bond donors (Lipinski definition) is 0. The van der Waals surface area contributed by atoms with Gasteiger partial charge in [0, 0.05) is 57.1 Å². The molecule has 1 aliphatic heterocycles. The molecule has 2 aromatic carbocycles. The van der Waals surface area contributed by atoms with Gasteiger partial charge in [-0.3, -0.25) is 4.79 Å². The van der Waals surface area contributed by atoms with Crippen molar-refractivity contribution in [3.8, 4) is 0 Å². The van der Waals surface area contributed by atoms with Crippen LogP contribution in [-0.2, 0) is 4.79 Å². The maximum absolute atomic E-state index is 13.7. The lowest BCUT2D eigenvalue weighted by Gasteiger charge is -2.38. The van der Waals surface area contributed by atoms with Crippen molar-refractivity contribution in [3.05, 3.63) is 88.2 Å². The van der Waals surface area contributed by atoms with Crippen LogP contribution in [0.3, 0.4) is 0 Å². The highest BCUT2D eigenvalue weighted by molar-refractivity contribution is 6.98. The lowest BCUT2D eigenvalue weighted by molar-refractivity contribution is -0.462. The summed E-state index contributed by atoms with van der Waals surface area (Å²) in [5.74, 6) is -1.22. The predicted molar refractivity (Wildman–Crippen MR) is 156 cm³/mol. The zero-order chi connectivity index (χ0) is 27.8. The zero-order valence-corrected chi connectivity index (χ0v) is 24.5. The molecule has 0 unspecified atom stereocenters. The third-order valence-corrected chi connectivity index (χ3v) is 11.1. The van der Waals surface area contributed by atoms with Crippen LogP contribution in [0.2, 0.25) is 13.1 Å². The number of hydrogen-bond acceptors (Lipinski definition) is 4. The van der Waals surface area contributed by atoms with Crippen LogP contribution in [0, 0.1) is 0 Å². The Kier molecular flexibility index (Phi) is 7.60. The molecule has 1 heterocycles. The second kappa shape index (κ2) is 10.6. The van der Waals surface area contributed by atoms with Gasteiger partial charge in [0.2, 0.25) is 0 Å². The summed E-state index contributed by atoms with van der Waals surface area (Å²) in [6.07, 6.45) is 6.97. The summed E-state index contributed by atoms with van der Waals surface area (Å²) in [4.78, 5) is 28.3. The van der Waals surface area contributed by atoms with Crippen LogP contribution >= 0.6 is 0 Å². The smallest absolute Gasteiger partial charge is 0.254 e. The van der Waals surface area contributed by atoms with E-state index in [0.717, 1.165) is 22.5 Å². The van der Waals surface area contributed by atoms with Crippen LogP contribution in [0.15, 0.2) is 71.5 Å². The van der Waals surface area contributed by atoms with Crippen LogP contribution in [-0.4, -0.2) is 76.9 Å². The van der Waals surface area contributed by atoms with Crippen LogP contribution in [0.1, 0.15) is 34.3 Å². The number of carbonyl (C=O) groups is 2. The number of carboxylic acid groups (broad SMARTS) is 1. The van der Waals surface area contributed by atoms with Crippen LogP contribution < -0.4 is 15.2 Å². The summed E-state index contributed by atoms with van der Waals surface area (Å²) in [6, 6.07) is 14.5. The molecule has 0 spiro atoms. The molecule has 4 rings (SSSR count). The molecule has 38 heavy (non-hydrogen) atoms. The van der Waals surface area contributed by atoms with Gasteiger partial charge in [0.25, 0.3) is 5.91 Å². The van der Waals surface area contributed by atoms with E-state index >= 15 is 0 Å². The van der Waals surface area contributed by atoms with Crippen molar-refractivity contribution >= 4 is 42.1 Å². The fourth-order valence-corrected chi connectivity index (χ4v) is 8.40. The number of allylic oxidation sites excluding steroid dienone is 5. The number of fused-ring (bicyclic) bond motifs is 2. The van der Waals surface area contributed by atoms with Crippen molar-refractivity contribution in [2.45, 2.75) is 25.9 Å². The van der Waals surface area contributed by atoms with Crippen molar-refractivity contribution in [1.29, 1.82) is 0 Å². The van der Waals surface area contributed by atoms with Crippen molar-refractivity contribution in [2.75, 3.05) is 46.7 Å². The molecule has 0 N–H and O–H groups in total. The third kappa shape index (κ3) is 5.03. The Morgan fingerprint density at radius 1 is 0.974 bits per heavy atom. The van der Waals surface area contributed by atoms with Gasteiger partial charge in [-0.05, 0) is 69.8 Å². The maximum atomic E-state index is 13.7. The molecule has 7 heteroatoms. The molecule has 1 amide bonds. The Labute approximate surface area is 226 Å². The fourth-order valence-electron chi connectivity index (χ4n) is 5.33. The topological polar surface area (TPSA) is 66.7 Å². The summed E-state index contributed by atoms with van der Waals surface area (Å²) in [7, 11) is 7.89. The molecule has 198 valence electrons. The summed E-state index contributed by atoms with van der Waals surface area (Å²) < 4.78 is 2.13. The highest BCUT2D eigenvalue weighted by Gasteiger charge is 2.41. The first-order valence-corrected chi connectivity index (χ1v) is 16.0. The first kappa shape index (κ1) is 27.3. The number of amides is 1. The SMILES string of the molecule is CN(CCCC(=O)[O-])C(=O)c1ccccc1C1=C2C=CC(=[N+](C)C)C=C2[Si](C)(C)c2cc(N(C)C)ccc21. The highest BCUT2D eigenvalue weighted by Crippen LogP contribution is 2.42. The summed E-state index contributed by atoms with van der Waals surface area (Å²) in [5.41, 5.74) is 7.26. The minimum atomic E-state index is -2.09. The van der Waals surface area contributed by atoms with E-state index in [1.807, 2.05) is 24.3 Å². The first-order valence-electron chi connectivity index (χ1n) is 13.0. The number of rotatable bonds is 7. The third-order valence-electron chi connectivity index (χ3n) is 7.57. The van der Waals surface area contributed by atoms with Gasteiger partial charge in [-0.1, -0.05) is 37.4 Å². The number of nitrogens with zero attached hydrogens (tertiary/aromatic N) is 3. The Bertz CT molecular complexity index is 1430. The first-order chi connectivity index (χ1) is 17.9. The lowest BCUT2D eigenvalue weighted by Crippen LogP contribution is -2.49. The summed E-state index contributed by atoms with van der Waals surface area (Å²) >= 11 is 0. The second-order valence-corrected chi connectivity index (χ2v) is 15.3. The predicted octanol–water partition coefficient (Wildman–Crippen LogP) is 2.83. The van der Waals surface area contributed by atoms with Crippen LogP contribution in [0.5, 0.6) is 0 Å². The Morgan fingerprint density at radius 2 is 1.68 bits per heavy atom. The molecule has 0 radical (unpaired) electrons. The van der Waals surface area contributed by atoms with Crippen LogP contribution in [0.4, 0.5) is 5.69 Å². The van der Waals surface area contributed by atoms with Crippen LogP contribution in [0.25, 0.3) is 5.57 Å². The van der Waals surface area contributed by atoms with Gasteiger partial charge in [0.15, 0.2) is 5.71 Å². The normalized spacial score (nSPS) is 15.4. The highest BCUT2D eigenvalue weighted by atomic mass is 28.3.